The molecule has 1 fully saturated rings. The minimum absolute atomic E-state index is 0.136. The van der Waals surface area contributed by atoms with E-state index in [4.69, 9.17) is 23.2 Å². The summed E-state index contributed by atoms with van der Waals surface area (Å²) in [6.07, 6.45) is 1.13. The lowest BCUT2D eigenvalue weighted by molar-refractivity contribution is 0.0632. The van der Waals surface area contributed by atoms with Gasteiger partial charge >= 0.3 is 0 Å². The van der Waals surface area contributed by atoms with Gasteiger partial charge in [-0.1, -0.05) is 30.1 Å². The lowest BCUT2D eigenvalue weighted by Crippen LogP contribution is -2.49. The molecule has 2 rings (SSSR count). The Hall–Kier alpha value is -0.840. The average Bonchev–Trinajstić information content (AvgIpc) is 2.42. The van der Waals surface area contributed by atoms with Crippen molar-refractivity contribution in [3.05, 3.63) is 28.0 Å². The van der Waals surface area contributed by atoms with Gasteiger partial charge < -0.3 is 4.90 Å². The van der Waals surface area contributed by atoms with Crippen LogP contribution >= 0.6 is 23.2 Å². The van der Waals surface area contributed by atoms with Crippen LogP contribution in [0.4, 0.5) is 0 Å². The molecule has 0 spiro atoms. The maximum Gasteiger partial charge on any atom is 0.274 e. The van der Waals surface area contributed by atoms with Crippen molar-refractivity contribution in [1.82, 2.24) is 14.8 Å². The molecular formula is C13H17Cl2N3O. The Kier molecular flexibility index (Phi) is 5.02. The Morgan fingerprint density at radius 2 is 1.95 bits per heavy atom. The molecule has 1 aromatic rings. The quantitative estimate of drug-likeness (QED) is 0.805. The highest BCUT2D eigenvalue weighted by Crippen LogP contribution is 2.19. The third-order valence-corrected chi connectivity index (χ3v) is 3.73. The van der Waals surface area contributed by atoms with E-state index in [1.807, 2.05) is 0 Å². The molecule has 0 radical (unpaired) electrons. The molecule has 0 atom stereocenters. The van der Waals surface area contributed by atoms with Gasteiger partial charge in [0.1, 0.15) is 10.8 Å². The highest BCUT2D eigenvalue weighted by atomic mass is 35.5. The van der Waals surface area contributed by atoms with Crippen LogP contribution in [0.5, 0.6) is 0 Å². The molecule has 4 nitrogen and oxygen atoms in total. The fourth-order valence-electron chi connectivity index (χ4n) is 2.21. The van der Waals surface area contributed by atoms with E-state index in [9.17, 15) is 4.79 Å². The average molecular weight is 302 g/mol. The van der Waals surface area contributed by atoms with Gasteiger partial charge in [0.2, 0.25) is 0 Å². The molecule has 0 unspecified atom stereocenters. The molecule has 2 heterocycles. The van der Waals surface area contributed by atoms with Crippen molar-refractivity contribution in [3.8, 4) is 0 Å². The van der Waals surface area contributed by atoms with Crippen molar-refractivity contribution in [3.63, 3.8) is 0 Å². The SMILES string of the molecule is CCCN1CCN(C(=O)c2nc(Cl)ccc2Cl)CC1. The third kappa shape index (κ3) is 3.59. The summed E-state index contributed by atoms with van der Waals surface area (Å²) in [5.74, 6) is -0.136. The predicted octanol–water partition coefficient (Wildman–Crippen LogP) is 2.56. The predicted molar refractivity (Wildman–Crippen MR) is 76.9 cm³/mol. The van der Waals surface area contributed by atoms with Crippen LogP contribution in [0.1, 0.15) is 23.8 Å². The van der Waals surface area contributed by atoms with Gasteiger partial charge in [-0.2, -0.15) is 0 Å². The van der Waals surface area contributed by atoms with E-state index >= 15 is 0 Å². The Morgan fingerprint density at radius 3 is 2.58 bits per heavy atom. The number of carbonyl (C=O) groups excluding carboxylic acids is 1. The maximum atomic E-state index is 12.3. The first-order valence-electron chi connectivity index (χ1n) is 6.45. The highest BCUT2D eigenvalue weighted by Gasteiger charge is 2.24. The van der Waals surface area contributed by atoms with Crippen molar-refractivity contribution in [2.75, 3.05) is 32.7 Å². The van der Waals surface area contributed by atoms with Crippen LogP contribution in [0.2, 0.25) is 10.2 Å². The van der Waals surface area contributed by atoms with E-state index in [1.165, 1.54) is 0 Å². The van der Waals surface area contributed by atoms with Gasteiger partial charge in [-0.25, -0.2) is 4.98 Å². The molecule has 0 aliphatic carbocycles. The Balaban J connectivity index is 2.03. The third-order valence-electron chi connectivity index (χ3n) is 3.21. The smallest absolute Gasteiger partial charge is 0.274 e. The monoisotopic (exact) mass is 301 g/mol. The molecule has 19 heavy (non-hydrogen) atoms. The van der Waals surface area contributed by atoms with Crippen molar-refractivity contribution in [2.24, 2.45) is 0 Å². The molecule has 1 aliphatic heterocycles. The summed E-state index contributed by atoms with van der Waals surface area (Å²) < 4.78 is 0. The molecule has 0 aromatic carbocycles. The van der Waals surface area contributed by atoms with Crippen LogP contribution in [-0.4, -0.2) is 53.4 Å². The number of aromatic nitrogens is 1. The molecule has 1 aliphatic rings. The van der Waals surface area contributed by atoms with E-state index in [0.717, 1.165) is 26.1 Å². The van der Waals surface area contributed by atoms with Gasteiger partial charge in [0.05, 0.1) is 5.02 Å². The van der Waals surface area contributed by atoms with Gasteiger partial charge in [-0.3, -0.25) is 9.69 Å². The second-order valence-electron chi connectivity index (χ2n) is 4.60. The minimum atomic E-state index is -0.136. The zero-order chi connectivity index (χ0) is 13.8. The summed E-state index contributed by atoms with van der Waals surface area (Å²) >= 11 is 11.8. The van der Waals surface area contributed by atoms with E-state index in [1.54, 1.807) is 17.0 Å². The Morgan fingerprint density at radius 1 is 1.26 bits per heavy atom. The topological polar surface area (TPSA) is 36.4 Å². The van der Waals surface area contributed by atoms with Crippen molar-refractivity contribution < 1.29 is 4.79 Å². The molecule has 1 saturated heterocycles. The van der Waals surface area contributed by atoms with Crippen LogP contribution in [0.3, 0.4) is 0 Å². The Bertz CT molecular complexity index is 459. The summed E-state index contributed by atoms with van der Waals surface area (Å²) in [5, 5.41) is 0.641. The summed E-state index contributed by atoms with van der Waals surface area (Å²) in [7, 11) is 0. The van der Waals surface area contributed by atoms with Gasteiger partial charge in [0.15, 0.2) is 0 Å². The van der Waals surface area contributed by atoms with Gasteiger partial charge in [-0.05, 0) is 25.1 Å². The number of nitrogens with zero attached hydrogens (tertiary/aromatic N) is 3. The second-order valence-corrected chi connectivity index (χ2v) is 5.39. The number of piperazine rings is 1. The van der Waals surface area contributed by atoms with Crippen LogP contribution in [0, 0.1) is 0 Å². The summed E-state index contributed by atoms with van der Waals surface area (Å²) in [5.41, 5.74) is 0.248. The number of amides is 1. The van der Waals surface area contributed by atoms with E-state index in [-0.39, 0.29) is 16.8 Å². The number of rotatable bonds is 3. The number of hydrogen-bond donors (Lipinski definition) is 0. The normalized spacial score (nSPS) is 16.7. The van der Waals surface area contributed by atoms with Crippen LogP contribution in [0.15, 0.2) is 12.1 Å². The number of carbonyl (C=O) groups is 1. The lowest BCUT2D eigenvalue weighted by atomic mass is 10.2. The second kappa shape index (κ2) is 6.55. The summed E-state index contributed by atoms with van der Waals surface area (Å²) in [6, 6.07) is 3.19. The number of pyridine rings is 1. The zero-order valence-electron chi connectivity index (χ0n) is 10.9. The van der Waals surface area contributed by atoms with E-state index in [0.29, 0.717) is 18.1 Å². The standard InChI is InChI=1S/C13H17Cl2N3O/c1-2-5-17-6-8-18(9-7-17)13(19)12-10(14)3-4-11(15)16-12/h3-4H,2,5-9H2,1H3. The fraction of sp³-hybridized carbons (Fsp3) is 0.538. The van der Waals surface area contributed by atoms with E-state index < -0.39 is 0 Å². The molecule has 1 amide bonds. The summed E-state index contributed by atoms with van der Waals surface area (Å²) in [4.78, 5) is 20.5. The van der Waals surface area contributed by atoms with Crippen LogP contribution in [0.25, 0.3) is 0 Å². The molecular weight excluding hydrogens is 285 g/mol. The van der Waals surface area contributed by atoms with Gasteiger partial charge in [-0.15, -0.1) is 0 Å². The molecule has 0 bridgehead atoms. The van der Waals surface area contributed by atoms with Gasteiger partial charge in [0.25, 0.3) is 5.91 Å². The first kappa shape index (κ1) is 14.6. The number of halogens is 2. The first-order chi connectivity index (χ1) is 9.11. The Labute approximate surface area is 123 Å². The van der Waals surface area contributed by atoms with Crippen molar-refractivity contribution in [1.29, 1.82) is 0 Å². The van der Waals surface area contributed by atoms with E-state index in [2.05, 4.69) is 16.8 Å². The molecule has 6 heteroatoms. The van der Waals surface area contributed by atoms with Crippen LogP contribution in [-0.2, 0) is 0 Å². The van der Waals surface area contributed by atoms with Crippen molar-refractivity contribution >= 4 is 29.1 Å². The zero-order valence-corrected chi connectivity index (χ0v) is 12.4. The fourth-order valence-corrected chi connectivity index (χ4v) is 2.54. The lowest BCUT2D eigenvalue weighted by Gasteiger charge is -2.34. The van der Waals surface area contributed by atoms with Gasteiger partial charge in [0, 0.05) is 26.2 Å². The summed E-state index contributed by atoms with van der Waals surface area (Å²) in [6.45, 7) is 6.47. The number of hydrogen-bond acceptors (Lipinski definition) is 3. The van der Waals surface area contributed by atoms with Crippen LogP contribution < -0.4 is 0 Å². The first-order valence-corrected chi connectivity index (χ1v) is 7.21. The van der Waals surface area contributed by atoms with Crippen molar-refractivity contribution in [2.45, 2.75) is 13.3 Å². The molecule has 0 saturated carbocycles. The maximum absolute atomic E-state index is 12.3. The minimum Gasteiger partial charge on any atom is -0.335 e. The molecule has 104 valence electrons. The molecule has 1 aromatic heterocycles. The largest absolute Gasteiger partial charge is 0.335 e. The highest BCUT2D eigenvalue weighted by molar-refractivity contribution is 6.34. The molecule has 0 N–H and O–H groups in total.